The van der Waals surface area contributed by atoms with Gasteiger partial charge in [-0.25, -0.2) is 0 Å². The van der Waals surface area contributed by atoms with Crippen LogP contribution in [-0.4, -0.2) is 16.0 Å². The van der Waals surface area contributed by atoms with Crippen LogP contribution in [0.3, 0.4) is 0 Å². The predicted octanol–water partition coefficient (Wildman–Crippen LogP) is 4.46. The fourth-order valence-corrected chi connectivity index (χ4v) is 2.40. The third kappa shape index (κ3) is 2.43. The summed E-state index contributed by atoms with van der Waals surface area (Å²) in [6.45, 7) is 0. The van der Waals surface area contributed by atoms with Gasteiger partial charge >= 0.3 is 6.18 Å². The van der Waals surface area contributed by atoms with Crippen molar-refractivity contribution in [2.45, 2.75) is 6.18 Å². The maximum atomic E-state index is 12.6. The maximum Gasteiger partial charge on any atom is 0.416 e. The molecule has 1 N–H and O–H groups in total. The van der Waals surface area contributed by atoms with Crippen LogP contribution in [0.2, 0.25) is 0 Å². The molecule has 22 heavy (non-hydrogen) atoms. The molecule has 3 nitrogen and oxygen atoms in total. The molecule has 0 aliphatic carbocycles. The predicted molar refractivity (Wildman–Crippen MR) is 77.7 cm³/mol. The number of halogens is 3. The van der Waals surface area contributed by atoms with Crippen LogP contribution < -0.4 is 0 Å². The number of nitrogens with zero attached hydrogens (tertiary/aromatic N) is 2. The van der Waals surface area contributed by atoms with Crippen LogP contribution in [0.15, 0.2) is 59.9 Å². The minimum absolute atomic E-state index is 0.599. The smallest absolute Gasteiger partial charge is 0.411 e. The fraction of sp³-hybridized carbons (Fsp3) is 0.0625. The maximum absolute atomic E-state index is 12.6. The summed E-state index contributed by atoms with van der Waals surface area (Å²) in [5.41, 5.74) is 1.40. The summed E-state index contributed by atoms with van der Waals surface area (Å²) >= 11 is 0. The Bertz CT molecular complexity index is 833. The van der Waals surface area contributed by atoms with Gasteiger partial charge in [0.25, 0.3) is 0 Å². The van der Waals surface area contributed by atoms with Crippen molar-refractivity contribution in [2.24, 2.45) is 5.16 Å². The van der Waals surface area contributed by atoms with Gasteiger partial charge < -0.3 is 9.77 Å². The van der Waals surface area contributed by atoms with Crippen LogP contribution in [0, 0.1) is 0 Å². The highest BCUT2D eigenvalue weighted by molar-refractivity contribution is 6.00. The Morgan fingerprint density at radius 1 is 1.00 bits per heavy atom. The zero-order valence-electron chi connectivity index (χ0n) is 11.2. The van der Waals surface area contributed by atoms with E-state index in [9.17, 15) is 13.2 Å². The van der Waals surface area contributed by atoms with E-state index >= 15 is 0 Å². The third-order valence-electron chi connectivity index (χ3n) is 3.41. The van der Waals surface area contributed by atoms with Gasteiger partial charge in [-0.3, -0.25) is 0 Å². The molecule has 0 amide bonds. The minimum atomic E-state index is -4.36. The molecule has 3 aromatic rings. The first-order valence-electron chi connectivity index (χ1n) is 6.46. The van der Waals surface area contributed by atoms with E-state index in [1.54, 1.807) is 10.8 Å². The number of hydrogen-bond acceptors (Lipinski definition) is 2. The van der Waals surface area contributed by atoms with E-state index in [2.05, 4.69) is 5.16 Å². The highest BCUT2D eigenvalue weighted by atomic mass is 19.4. The van der Waals surface area contributed by atoms with Crippen molar-refractivity contribution in [3.63, 3.8) is 0 Å². The van der Waals surface area contributed by atoms with Gasteiger partial charge in [-0.1, -0.05) is 23.4 Å². The first-order valence-corrected chi connectivity index (χ1v) is 6.46. The topological polar surface area (TPSA) is 37.5 Å². The first kappa shape index (κ1) is 14.2. The average molecular weight is 304 g/mol. The first-order chi connectivity index (χ1) is 10.5. The summed E-state index contributed by atoms with van der Waals surface area (Å²) in [4.78, 5) is 0. The molecule has 0 saturated heterocycles. The molecule has 3 rings (SSSR count). The van der Waals surface area contributed by atoms with Crippen LogP contribution in [0.25, 0.3) is 16.6 Å². The normalized spacial score (nSPS) is 12.3. The number of rotatable bonds is 2. The van der Waals surface area contributed by atoms with Crippen molar-refractivity contribution in [1.29, 1.82) is 0 Å². The van der Waals surface area contributed by atoms with Crippen molar-refractivity contribution in [3.05, 3.63) is 65.9 Å². The second-order valence-electron chi connectivity index (χ2n) is 4.76. The number of alkyl halides is 3. The number of benzene rings is 2. The van der Waals surface area contributed by atoms with Crippen molar-refractivity contribution in [1.82, 2.24) is 4.57 Å². The number of para-hydroxylation sites is 1. The van der Waals surface area contributed by atoms with Crippen molar-refractivity contribution in [3.8, 4) is 5.69 Å². The van der Waals surface area contributed by atoms with Gasteiger partial charge in [0.05, 0.1) is 17.3 Å². The Morgan fingerprint density at radius 2 is 1.68 bits per heavy atom. The standard InChI is InChI=1S/C16H11F3N2O/c17-16(18,19)12-5-7-13(8-6-12)21-10-11(9-20-22)14-3-1-2-4-15(14)21/h1-10,22H/b20-9+. The van der Waals surface area contributed by atoms with Crippen LogP contribution in [0.1, 0.15) is 11.1 Å². The highest BCUT2D eigenvalue weighted by Crippen LogP contribution is 2.30. The van der Waals surface area contributed by atoms with Gasteiger partial charge in [0.15, 0.2) is 0 Å². The molecule has 1 aromatic heterocycles. The summed E-state index contributed by atoms with van der Waals surface area (Å²) in [6, 6.07) is 12.3. The molecular weight excluding hydrogens is 293 g/mol. The van der Waals surface area contributed by atoms with E-state index in [1.807, 2.05) is 24.3 Å². The Morgan fingerprint density at radius 3 is 2.32 bits per heavy atom. The molecule has 0 spiro atoms. The Hall–Kier alpha value is -2.76. The molecule has 0 saturated carbocycles. The molecule has 0 atom stereocenters. The monoisotopic (exact) mass is 304 g/mol. The lowest BCUT2D eigenvalue weighted by Crippen LogP contribution is -2.04. The Kier molecular flexibility index (Phi) is 3.36. The number of fused-ring (bicyclic) bond motifs is 1. The van der Waals surface area contributed by atoms with Gasteiger partial charge in [0.1, 0.15) is 0 Å². The fourth-order valence-electron chi connectivity index (χ4n) is 2.40. The molecule has 0 radical (unpaired) electrons. The van der Waals surface area contributed by atoms with E-state index in [0.29, 0.717) is 11.3 Å². The molecule has 2 aromatic carbocycles. The van der Waals surface area contributed by atoms with Crippen LogP contribution in [0.4, 0.5) is 13.2 Å². The van der Waals surface area contributed by atoms with E-state index in [4.69, 9.17) is 5.21 Å². The van der Waals surface area contributed by atoms with E-state index in [-0.39, 0.29) is 0 Å². The van der Waals surface area contributed by atoms with Crippen molar-refractivity contribution >= 4 is 17.1 Å². The largest absolute Gasteiger partial charge is 0.416 e. The quantitative estimate of drug-likeness (QED) is 0.424. The average Bonchev–Trinajstić information content (AvgIpc) is 2.86. The summed E-state index contributed by atoms with van der Waals surface area (Å²) in [7, 11) is 0. The number of hydrogen-bond donors (Lipinski definition) is 1. The molecule has 0 aliphatic rings. The summed E-state index contributed by atoms with van der Waals surface area (Å²) in [5.74, 6) is 0. The van der Waals surface area contributed by atoms with E-state index < -0.39 is 11.7 Å². The van der Waals surface area contributed by atoms with Crippen molar-refractivity contribution in [2.75, 3.05) is 0 Å². The molecule has 1 heterocycles. The zero-order chi connectivity index (χ0) is 15.7. The van der Waals surface area contributed by atoms with Crippen molar-refractivity contribution < 1.29 is 18.4 Å². The SMILES string of the molecule is O/N=C/c1cn(-c2ccc(C(F)(F)F)cc2)c2ccccc12. The molecule has 0 aliphatic heterocycles. The van der Waals surface area contributed by atoms with Crippen LogP contribution >= 0.6 is 0 Å². The molecule has 0 bridgehead atoms. The Labute approximate surface area is 123 Å². The van der Waals surface area contributed by atoms with Gasteiger partial charge in [0, 0.05) is 22.8 Å². The summed E-state index contributed by atoms with van der Waals surface area (Å²) < 4.78 is 39.6. The highest BCUT2D eigenvalue weighted by Gasteiger charge is 2.30. The summed E-state index contributed by atoms with van der Waals surface area (Å²) in [5, 5.41) is 12.6. The van der Waals surface area contributed by atoms with E-state index in [0.717, 1.165) is 23.0 Å². The van der Waals surface area contributed by atoms with Gasteiger partial charge in [-0.2, -0.15) is 13.2 Å². The van der Waals surface area contributed by atoms with Crippen LogP contribution in [-0.2, 0) is 6.18 Å². The number of oxime groups is 1. The second-order valence-corrected chi connectivity index (χ2v) is 4.76. The van der Waals surface area contributed by atoms with Gasteiger partial charge in [0.2, 0.25) is 0 Å². The molecule has 112 valence electrons. The molecule has 6 heteroatoms. The van der Waals surface area contributed by atoms with Gasteiger partial charge in [-0.15, -0.1) is 0 Å². The molecule has 0 fully saturated rings. The molecule has 0 unspecified atom stereocenters. The lowest BCUT2D eigenvalue weighted by Gasteiger charge is -2.09. The lowest BCUT2D eigenvalue weighted by molar-refractivity contribution is -0.137. The van der Waals surface area contributed by atoms with Gasteiger partial charge in [-0.05, 0) is 30.3 Å². The molecular formula is C16H11F3N2O. The number of aromatic nitrogens is 1. The zero-order valence-corrected chi connectivity index (χ0v) is 11.2. The van der Waals surface area contributed by atoms with E-state index in [1.165, 1.54) is 18.3 Å². The third-order valence-corrected chi connectivity index (χ3v) is 3.41. The Balaban J connectivity index is 2.14. The second kappa shape index (κ2) is 5.22. The minimum Gasteiger partial charge on any atom is -0.411 e. The summed E-state index contributed by atoms with van der Waals surface area (Å²) in [6.07, 6.45) is -1.35. The van der Waals surface area contributed by atoms with Crippen LogP contribution in [0.5, 0.6) is 0 Å². The lowest BCUT2D eigenvalue weighted by atomic mass is 10.2.